The van der Waals surface area contributed by atoms with E-state index in [1.165, 1.54) is 0 Å². The second kappa shape index (κ2) is 6.31. The molecule has 0 unspecified atom stereocenters. The number of nitriles is 1. The third-order valence-corrected chi connectivity index (χ3v) is 2.70. The van der Waals surface area contributed by atoms with Gasteiger partial charge >= 0.3 is 0 Å². The van der Waals surface area contributed by atoms with Crippen LogP contribution in [0.5, 0.6) is 5.75 Å². The third-order valence-electron chi connectivity index (χ3n) is 2.70. The summed E-state index contributed by atoms with van der Waals surface area (Å²) in [6, 6.07) is 17.2. The molecule has 19 heavy (non-hydrogen) atoms. The number of nitrogens with two attached hydrogens (primary N) is 1. The van der Waals surface area contributed by atoms with E-state index < -0.39 is 0 Å². The van der Waals surface area contributed by atoms with Gasteiger partial charge in [0.15, 0.2) is 6.61 Å². The minimum Gasteiger partial charge on any atom is -0.479 e. The van der Waals surface area contributed by atoms with Crippen LogP contribution in [0, 0.1) is 11.3 Å². The summed E-state index contributed by atoms with van der Waals surface area (Å²) < 4.78 is 5.18. The van der Waals surface area contributed by atoms with Crippen molar-refractivity contribution >= 4 is 11.4 Å². The molecule has 0 aliphatic rings. The van der Waals surface area contributed by atoms with Crippen LogP contribution in [0.25, 0.3) is 0 Å². The number of rotatable bonds is 5. The zero-order valence-electron chi connectivity index (χ0n) is 10.5. The van der Waals surface area contributed by atoms with Gasteiger partial charge in [-0.05, 0) is 35.9 Å². The number of ether oxygens (including phenoxy) is 1. The van der Waals surface area contributed by atoms with Gasteiger partial charge in [-0.15, -0.1) is 0 Å². The van der Waals surface area contributed by atoms with E-state index >= 15 is 0 Å². The Balaban J connectivity index is 1.93. The van der Waals surface area contributed by atoms with E-state index in [0.29, 0.717) is 12.3 Å². The molecule has 0 aromatic heterocycles. The van der Waals surface area contributed by atoms with Gasteiger partial charge in [0.1, 0.15) is 11.8 Å². The highest BCUT2D eigenvalue weighted by molar-refractivity contribution is 5.51. The van der Waals surface area contributed by atoms with Gasteiger partial charge in [-0.2, -0.15) is 5.26 Å². The van der Waals surface area contributed by atoms with Crippen molar-refractivity contribution in [1.29, 1.82) is 5.26 Å². The molecular weight excluding hydrogens is 238 g/mol. The lowest BCUT2D eigenvalue weighted by atomic mass is 10.2. The first-order chi connectivity index (χ1) is 9.29. The van der Waals surface area contributed by atoms with Gasteiger partial charge < -0.3 is 15.8 Å². The number of para-hydroxylation sites is 1. The Bertz CT molecular complexity index is 573. The lowest BCUT2D eigenvalue weighted by Gasteiger charge is -2.09. The van der Waals surface area contributed by atoms with Gasteiger partial charge in [-0.25, -0.2) is 0 Å². The van der Waals surface area contributed by atoms with Crippen molar-refractivity contribution in [2.45, 2.75) is 6.54 Å². The summed E-state index contributed by atoms with van der Waals surface area (Å²) >= 11 is 0. The van der Waals surface area contributed by atoms with E-state index in [1.807, 2.05) is 54.6 Å². The van der Waals surface area contributed by atoms with Crippen molar-refractivity contribution in [3.8, 4) is 11.8 Å². The van der Waals surface area contributed by atoms with Crippen LogP contribution in [0.3, 0.4) is 0 Å². The van der Waals surface area contributed by atoms with Crippen molar-refractivity contribution in [2.24, 2.45) is 0 Å². The highest BCUT2D eigenvalue weighted by atomic mass is 16.5. The van der Waals surface area contributed by atoms with E-state index in [-0.39, 0.29) is 6.61 Å². The summed E-state index contributed by atoms with van der Waals surface area (Å²) in [7, 11) is 0. The molecule has 2 aromatic carbocycles. The van der Waals surface area contributed by atoms with Crippen molar-refractivity contribution in [3.05, 3.63) is 54.1 Å². The van der Waals surface area contributed by atoms with Crippen molar-refractivity contribution < 1.29 is 4.74 Å². The minimum atomic E-state index is 0.0628. The molecule has 0 aliphatic heterocycles. The van der Waals surface area contributed by atoms with E-state index in [0.717, 1.165) is 16.9 Å². The topological polar surface area (TPSA) is 71.1 Å². The van der Waals surface area contributed by atoms with Crippen LogP contribution in [-0.2, 0) is 6.54 Å². The number of nitrogen functional groups attached to an aromatic ring is 1. The van der Waals surface area contributed by atoms with Gasteiger partial charge in [0.2, 0.25) is 0 Å². The van der Waals surface area contributed by atoms with Crippen LogP contribution < -0.4 is 15.8 Å². The maximum atomic E-state index is 8.42. The summed E-state index contributed by atoms with van der Waals surface area (Å²) in [6.45, 7) is 0.735. The molecule has 0 amide bonds. The minimum absolute atomic E-state index is 0.0628. The summed E-state index contributed by atoms with van der Waals surface area (Å²) in [5.74, 6) is 0.686. The summed E-state index contributed by atoms with van der Waals surface area (Å²) in [6.07, 6.45) is 0. The number of nitrogens with zero attached hydrogens (tertiary/aromatic N) is 1. The molecule has 0 aliphatic carbocycles. The van der Waals surface area contributed by atoms with E-state index in [2.05, 4.69) is 5.32 Å². The van der Waals surface area contributed by atoms with Gasteiger partial charge in [0, 0.05) is 17.9 Å². The molecule has 4 heteroatoms. The third kappa shape index (κ3) is 3.65. The predicted octanol–water partition coefficient (Wildman–Crippen LogP) is 2.78. The van der Waals surface area contributed by atoms with Crippen molar-refractivity contribution in [3.63, 3.8) is 0 Å². The standard InChI is InChI=1S/C15H15N3O/c16-9-10-19-14-7-5-13(6-8-14)18-11-12-3-1-2-4-15(12)17/h1-8,18H,10-11,17H2. The Kier molecular flexibility index (Phi) is 4.25. The molecule has 96 valence electrons. The van der Waals surface area contributed by atoms with Crippen LogP contribution in [0.2, 0.25) is 0 Å². The quantitative estimate of drug-likeness (QED) is 0.804. The average molecular weight is 253 g/mol. The van der Waals surface area contributed by atoms with Crippen LogP contribution in [0.4, 0.5) is 11.4 Å². The molecule has 0 heterocycles. The Hall–Kier alpha value is -2.67. The van der Waals surface area contributed by atoms with Crippen LogP contribution in [-0.4, -0.2) is 6.61 Å². The fourth-order valence-electron chi connectivity index (χ4n) is 1.68. The Morgan fingerprint density at radius 2 is 1.84 bits per heavy atom. The van der Waals surface area contributed by atoms with E-state index in [9.17, 15) is 0 Å². The maximum Gasteiger partial charge on any atom is 0.174 e. The van der Waals surface area contributed by atoms with Gasteiger partial charge in [-0.3, -0.25) is 0 Å². The molecule has 2 aromatic rings. The van der Waals surface area contributed by atoms with Gasteiger partial charge in [0.05, 0.1) is 0 Å². The molecule has 0 saturated carbocycles. The second-order valence-corrected chi connectivity index (χ2v) is 4.02. The number of nitrogens with one attached hydrogen (secondary N) is 1. The van der Waals surface area contributed by atoms with Crippen molar-refractivity contribution in [1.82, 2.24) is 0 Å². The van der Waals surface area contributed by atoms with E-state index in [4.69, 9.17) is 15.7 Å². The number of anilines is 2. The lowest BCUT2D eigenvalue weighted by molar-refractivity contribution is 0.368. The zero-order chi connectivity index (χ0) is 13.5. The SMILES string of the molecule is N#CCOc1ccc(NCc2ccccc2N)cc1. The summed E-state index contributed by atoms with van der Waals surface area (Å²) in [4.78, 5) is 0. The number of hydrogen-bond acceptors (Lipinski definition) is 4. The van der Waals surface area contributed by atoms with Crippen LogP contribution in [0.15, 0.2) is 48.5 Å². The molecular formula is C15H15N3O. The highest BCUT2D eigenvalue weighted by Gasteiger charge is 1.98. The fourth-order valence-corrected chi connectivity index (χ4v) is 1.68. The summed E-state index contributed by atoms with van der Waals surface area (Å²) in [5.41, 5.74) is 8.70. The van der Waals surface area contributed by atoms with E-state index in [1.54, 1.807) is 0 Å². The smallest absolute Gasteiger partial charge is 0.174 e. The molecule has 0 atom stereocenters. The Morgan fingerprint density at radius 1 is 1.11 bits per heavy atom. The second-order valence-electron chi connectivity index (χ2n) is 4.02. The molecule has 0 bridgehead atoms. The molecule has 3 N–H and O–H groups in total. The Labute approximate surface area is 112 Å². The van der Waals surface area contributed by atoms with Gasteiger partial charge in [-0.1, -0.05) is 18.2 Å². The number of benzene rings is 2. The monoisotopic (exact) mass is 253 g/mol. The molecule has 0 spiro atoms. The first-order valence-corrected chi connectivity index (χ1v) is 5.96. The Morgan fingerprint density at radius 3 is 2.53 bits per heavy atom. The first kappa shape index (κ1) is 12.8. The zero-order valence-corrected chi connectivity index (χ0v) is 10.5. The maximum absolute atomic E-state index is 8.42. The average Bonchev–Trinajstić information content (AvgIpc) is 2.45. The van der Waals surface area contributed by atoms with Crippen LogP contribution in [0.1, 0.15) is 5.56 Å². The highest BCUT2D eigenvalue weighted by Crippen LogP contribution is 2.17. The lowest BCUT2D eigenvalue weighted by Crippen LogP contribution is -2.02. The fraction of sp³-hybridized carbons (Fsp3) is 0.133. The largest absolute Gasteiger partial charge is 0.479 e. The normalized spacial score (nSPS) is 9.63. The molecule has 4 nitrogen and oxygen atoms in total. The first-order valence-electron chi connectivity index (χ1n) is 5.96. The van der Waals surface area contributed by atoms with Crippen molar-refractivity contribution in [2.75, 3.05) is 17.7 Å². The van der Waals surface area contributed by atoms with Crippen LogP contribution >= 0.6 is 0 Å². The molecule has 0 fully saturated rings. The molecule has 2 rings (SSSR count). The van der Waals surface area contributed by atoms with Gasteiger partial charge in [0.25, 0.3) is 0 Å². The summed E-state index contributed by atoms with van der Waals surface area (Å²) in [5, 5.41) is 11.7. The molecule has 0 radical (unpaired) electrons. The number of hydrogen-bond donors (Lipinski definition) is 2. The predicted molar refractivity (Wildman–Crippen MR) is 75.7 cm³/mol. The molecule has 0 saturated heterocycles.